The second kappa shape index (κ2) is 6.14. The second-order valence-electron chi connectivity index (χ2n) is 4.93. The predicted octanol–water partition coefficient (Wildman–Crippen LogP) is 4.84. The van der Waals surface area contributed by atoms with Gasteiger partial charge in [0.05, 0.1) is 22.6 Å². The van der Waals surface area contributed by atoms with Gasteiger partial charge in [-0.1, -0.05) is 11.6 Å². The number of benzene rings is 2. The molecular weight excluding hydrogens is 316 g/mol. The third kappa shape index (κ3) is 3.05. The van der Waals surface area contributed by atoms with Crippen molar-refractivity contribution in [3.05, 3.63) is 69.4 Å². The zero-order chi connectivity index (χ0) is 16.4. The standard InChI is InChI=1S/C17H13ClN2O3/c1-23-15-4-5-17-13(10-15)7-9-19(17)8-6-12-2-3-14(20(21)22)11-16(12)18/h2-11H,1H3/b8-6+. The van der Waals surface area contributed by atoms with Gasteiger partial charge in [-0.3, -0.25) is 10.1 Å². The maximum absolute atomic E-state index is 10.7. The maximum Gasteiger partial charge on any atom is 0.270 e. The molecular formula is C17H13ClN2O3. The number of nitro groups is 1. The van der Waals surface area contributed by atoms with Crippen LogP contribution >= 0.6 is 11.6 Å². The molecule has 0 saturated heterocycles. The van der Waals surface area contributed by atoms with Crippen LogP contribution in [0.1, 0.15) is 5.56 Å². The third-order valence-electron chi connectivity index (χ3n) is 3.54. The highest BCUT2D eigenvalue weighted by Crippen LogP contribution is 2.25. The first kappa shape index (κ1) is 15.1. The number of aromatic nitrogens is 1. The normalized spacial score (nSPS) is 11.2. The van der Waals surface area contributed by atoms with E-state index < -0.39 is 4.92 Å². The summed E-state index contributed by atoms with van der Waals surface area (Å²) in [5, 5.41) is 12.1. The molecule has 0 radical (unpaired) electrons. The number of ether oxygens (including phenoxy) is 1. The average molecular weight is 329 g/mol. The summed E-state index contributed by atoms with van der Waals surface area (Å²) in [4.78, 5) is 10.3. The number of non-ortho nitro benzene ring substituents is 1. The molecule has 3 aromatic rings. The number of hydrogen-bond donors (Lipinski definition) is 0. The van der Waals surface area contributed by atoms with E-state index in [1.807, 2.05) is 47.3 Å². The van der Waals surface area contributed by atoms with Crippen molar-refractivity contribution in [3.8, 4) is 5.75 Å². The van der Waals surface area contributed by atoms with E-state index in [1.54, 1.807) is 13.2 Å². The van der Waals surface area contributed by atoms with Gasteiger partial charge in [-0.05, 0) is 42.0 Å². The van der Waals surface area contributed by atoms with Crippen molar-refractivity contribution in [2.45, 2.75) is 0 Å². The van der Waals surface area contributed by atoms with Crippen LogP contribution in [-0.4, -0.2) is 16.6 Å². The van der Waals surface area contributed by atoms with Gasteiger partial charge >= 0.3 is 0 Å². The van der Waals surface area contributed by atoms with E-state index in [0.29, 0.717) is 10.6 Å². The summed E-state index contributed by atoms with van der Waals surface area (Å²) in [5.74, 6) is 0.803. The largest absolute Gasteiger partial charge is 0.497 e. The minimum Gasteiger partial charge on any atom is -0.497 e. The molecule has 6 heteroatoms. The first-order valence-electron chi connectivity index (χ1n) is 6.85. The summed E-state index contributed by atoms with van der Waals surface area (Å²) in [7, 11) is 1.63. The van der Waals surface area contributed by atoms with Crippen molar-refractivity contribution >= 4 is 40.5 Å². The Morgan fingerprint density at radius 2 is 2.04 bits per heavy atom. The van der Waals surface area contributed by atoms with Gasteiger partial charge in [0.25, 0.3) is 5.69 Å². The second-order valence-corrected chi connectivity index (χ2v) is 5.33. The van der Waals surface area contributed by atoms with Crippen LogP contribution in [0.4, 0.5) is 5.69 Å². The molecule has 0 saturated carbocycles. The van der Waals surface area contributed by atoms with E-state index in [0.717, 1.165) is 16.7 Å². The lowest BCUT2D eigenvalue weighted by atomic mass is 10.2. The van der Waals surface area contributed by atoms with Crippen molar-refractivity contribution in [1.82, 2.24) is 4.57 Å². The van der Waals surface area contributed by atoms with E-state index in [4.69, 9.17) is 16.3 Å². The predicted molar refractivity (Wildman–Crippen MR) is 91.8 cm³/mol. The van der Waals surface area contributed by atoms with Crippen LogP contribution in [0.5, 0.6) is 5.75 Å². The zero-order valence-corrected chi connectivity index (χ0v) is 13.0. The van der Waals surface area contributed by atoms with Crippen LogP contribution < -0.4 is 4.74 Å². The summed E-state index contributed by atoms with van der Waals surface area (Å²) in [6.45, 7) is 0. The molecule has 0 aliphatic heterocycles. The number of rotatable bonds is 4. The molecule has 1 aromatic heterocycles. The van der Waals surface area contributed by atoms with E-state index in [2.05, 4.69) is 0 Å². The zero-order valence-electron chi connectivity index (χ0n) is 12.3. The summed E-state index contributed by atoms with van der Waals surface area (Å²) in [6, 6.07) is 12.2. The van der Waals surface area contributed by atoms with E-state index in [-0.39, 0.29) is 5.69 Å². The van der Waals surface area contributed by atoms with Gasteiger partial charge in [-0.25, -0.2) is 0 Å². The fourth-order valence-electron chi connectivity index (χ4n) is 2.32. The fourth-order valence-corrected chi connectivity index (χ4v) is 2.56. The number of hydrogen-bond acceptors (Lipinski definition) is 3. The number of nitro benzene ring substituents is 1. The van der Waals surface area contributed by atoms with Gasteiger partial charge in [0.2, 0.25) is 0 Å². The Labute approximate surface area is 137 Å². The van der Waals surface area contributed by atoms with E-state index in [9.17, 15) is 10.1 Å². The number of halogens is 1. The van der Waals surface area contributed by atoms with Crippen LogP contribution in [0.3, 0.4) is 0 Å². The minimum atomic E-state index is -0.466. The minimum absolute atomic E-state index is 0.0225. The van der Waals surface area contributed by atoms with Gasteiger partial charge in [0.1, 0.15) is 5.75 Å². The molecule has 0 unspecified atom stereocenters. The fraction of sp³-hybridized carbons (Fsp3) is 0.0588. The molecule has 3 rings (SSSR count). The molecule has 0 fully saturated rings. The molecule has 2 aromatic carbocycles. The smallest absolute Gasteiger partial charge is 0.270 e. The SMILES string of the molecule is COc1ccc2c(ccn2/C=C/c2ccc([N+](=O)[O-])cc2Cl)c1. The molecule has 0 spiro atoms. The highest BCUT2D eigenvalue weighted by atomic mass is 35.5. The lowest BCUT2D eigenvalue weighted by Crippen LogP contribution is -1.88. The lowest BCUT2D eigenvalue weighted by molar-refractivity contribution is -0.384. The Kier molecular flexibility index (Phi) is 4.04. The topological polar surface area (TPSA) is 57.3 Å². The summed E-state index contributed by atoms with van der Waals surface area (Å²) in [6.07, 6.45) is 5.61. The van der Waals surface area contributed by atoms with Gasteiger partial charge in [0.15, 0.2) is 0 Å². The van der Waals surface area contributed by atoms with Crippen molar-refractivity contribution in [1.29, 1.82) is 0 Å². The van der Waals surface area contributed by atoms with Crippen molar-refractivity contribution in [2.75, 3.05) is 7.11 Å². The third-order valence-corrected chi connectivity index (χ3v) is 3.86. The Balaban J connectivity index is 1.92. The average Bonchev–Trinajstić information content (AvgIpc) is 2.95. The lowest BCUT2D eigenvalue weighted by Gasteiger charge is -2.02. The van der Waals surface area contributed by atoms with Gasteiger partial charge in [-0.2, -0.15) is 0 Å². The molecule has 0 aliphatic carbocycles. The number of fused-ring (bicyclic) bond motifs is 1. The molecule has 0 atom stereocenters. The molecule has 0 aliphatic rings. The summed E-state index contributed by atoms with van der Waals surface area (Å²) < 4.78 is 7.16. The van der Waals surface area contributed by atoms with Crippen molar-refractivity contribution in [3.63, 3.8) is 0 Å². The first-order chi connectivity index (χ1) is 11.1. The van der Waals surface area contributed by atoms with Gasteiger partial charge < -0.3 is 9.30 Å². The number of methoxy groups -OCH3 is 1. The molecule has 0 amide bonds. The summed E-state index contributed by atoms with van der Waals surface area (Å²) >= 11 is 6.09. The highest BCUT2D eigenvalue weighted by molar-refractivity contribution is 6.32. The van der Waals surface area contributed by atoms with Crippen LogP contribution in [0.25, 0.3) is 23.2 Å². The van der Waals surface area contributed by atoms with E-state index in [1.165, 1.54) is 12.1 Å². The molecule has 0 N–H and O–H groups in total. The molecule has 116 valence electrons. The van der Waals surface area contributed by atoms with Crippen LogP contribution in [-0.2, 0) is 0 Å². The van der Waals surface area contributed by atoms with Crippen LogP contribution in [0.15, 0.2) is 48.7 Å². The van der Waals surface area contributed by atoms with Crippen LogP contribution in [0, 0.1) is 10.1 Å². The van der Waals surface area contributed by atoms with Gasteiger partial charge in [-0.15, -0.1) is 0 Å². The van der Waals surface area contributed by atoms with E-state index >= 15 is 0 Å². The Bertz CT molecular complexity index is 915. The number of nitrogens with zero attached hydrogens (tertiary/aromatic N) is 2. The molecule has 1 heterocycles. The van der Waals surface area contributed by atoms with Crippen molar-refractivity contribution in [2.24, 2.45) is 0 Å². The molecule has 0 bridgehead atoms. The summed E-state index contributed by atoms with van der Waals surface area (Å²) in [5.41, 5.74) is 1.72. The quantitative estimate of drug-likeness (QED) is 0.508. The Hall–Kier alpha value is -2.79. The van der Waals surface area contributed by atoms with Crippen LogP contribution in [0.2, 0.25) is 5.02 Å². The maximum atomic E-state index is 10.7. The first-order valence-corrected chi connectivity index (χ1v) is 7.23. The Morgan fingerprint density at radius 1 is 1.22 bits per heavy atom. The monoisotopic (exact) mass is 328 g/mol. The highest BCUT2D eigenvalue weighted by Gasteiger charge is 2.08. The molecule has 23 heavy (non-hydrogen) atoms. The van der Waals surface area contributed by atoms with Crippen molar-refractivity contribution < 1.29 is 9.66 Å². The molecule has 5 nitrogen and oxygen atoms in total. The Morgan fingerprint density at radius 3 is 2.74 bits per heavy atom. The van der Waals surface area contributed by atoms with Gasteiger partial charge in [0, 0.05) is 29.9 Å².